The Kier molecular flexibility index (Phi) is 2.77. The lowest BCUT2D eigenvalue weighted by Gasteiger charge is -2.23. The van der Waals surface area contributed by atoms with Crippen LogP contribution in [0.5, 0.6) is 0 Å². The van der Waals surface area contributed by atoms with Crippen LogP contribution in [-0.4, -0.2) is 15.7 Å². The van der Waals surface area contributed by atoms with E-state index in [1.54, 1.807) is 18.2 Å². The maximum atomic E-state index is 13.3. The normalized spacial score (nSPS) is 17.9. The summed E-state index contributed by atoms with van der Waals surface area (Å²) >= 11 is 11.8. The van der Waals surface area contributed by atoms with Gasteiger partial charge in [-0.25, -0.2) is 4.98 Å². The highest BCUT2D eigenvalue weighted by molar-refractivity contribution is 6.35. The Balaban J connectivity index is 2.34. The van der Waals surface area contributed by atoms with Crippen LogP contribution in [0.15, 0.2) is 18.2 Å². The molecular formula is C12H9Cl2F3N2. The number of rotatable bonds is 2. The molecule has 1 saturated carbocycles. The molecule has 0 atom stereocenters. The highest BCUT2D eigenvalue weighted by atomic mass is 35.5. The summed E-state index contributed by atoms with van der Waals surface area (Å²) in [6.07, 6.45) is -4.26. The van der Waals surface area contributed by atoms with Gasteiger partial charge in [-0.2, -0.15) is 13.2 Å². The van der Waals surface area contributed by atoms with Crippen LogP contribution in [0.25, 0.3) is 11.0 Å². The van der Waals surface area contributed by atoms with Gasteiger partial charge in [0.05, 0.1) is 21.9 Å². The summed E-state index contributed by atoms with van der Waals surface area (Å²) in [4.78, 5) is 4.16. The van der Waals surface area contributed by atoms with Gasteiger partial charge < -0.3 is 4.57 Å². The van der Waals surface area contributed by atoms with Crippen LogP contribution in [0, 0.1) is 0 Å². The maximum Gasteiger partial charge on any atom is 0.412 e. The molecule has 0 saturated heterocycles. The molecule has 1 aromatic carbocycles. The molecule has 0 N–H and O–H groups in total. The van der Waals surface area contributed by atoms with Gasteiger partial charge >= 0.3 is 6.18 Å². The van der Waals surface area contributed by atoms with Crippen LogP contribution in [-0.2, 0) is 11.4 Å². The number of hydrogen-bond donors (Lipinski definition) is 0. The van der Waals surface area contributed by atoms with E-state index in [0.29, 0.717) is 11.0 Å². The summed E-state index contributed by atoms with van der Waals surface area (Å²) in [5, 5.41) is 0.261. The van der Waals surface area contributed by atoms with Gasteiger partial charge in [-0.15, -0.1) is 11.6 Å². The smallest absolute Gasteiger partial charge is 0.310 e. The van der Waals surface area contributed by atoms with Crippen molar-refractivity contribution in [1.82, 2.24) is 9.55 Å². The molecule has 1 aromatic heterocycles. The molecule has 0 unspecified atom stereocenters. The fourth-order valence-electron chi connectivity index (χ4n) is 2.44. The molecule has 3 rings (SSSR count). The fraction of sp³-hybridized carbons (Fsp3) is 0.417. The van der Waals surface area contributed by atoms with Gasteiger partial charge in [0.1, 0.15) is 11.4 Å². The monoisotopic (exact) mass is 308 g/mol. The Hall–Kier alpha value is -0.940. The second-order valence-corrected chi connectivity index (χ2v) is 5.31. The molecule has 1 aliphatic rings. The second-order valence-electron chi connectivity index (χ2n) is 4.63. The van der Waals surface area contributed by atoms with Crippen molar-refractivity contribution in [2.45, 2.75) is 30.4 Å². The number of alkyl halides is 4. The van der Waals surface area contributed by atoms with E-state index in [9.17, 15) is 13.2 Å². The molecule has 1 heterocycles. The van der Waals surface area contributed by atoms with E-state index in [4.69, 9.17) is 23.2 Å². The van der Waals surface area contributed by atoms with Gasteiger partial charge in [-0.05, 0) is 25.0 Å². The highest BCUT2D eigenvalue weighted by Crippen LogP contribution is 2.57. The minimum atomic E-state index is -4.33. The summed E-state index contributed by atoms with van der Waals surface area (Å²) in [7, 11) is 0. The van der Waals surface area contributed by atoms with E-state index in [1.165, 1.54) is 4.57 Å². The zero-order valence-corrected chi connectivity index (χ0v) is 11.1. The number of hydrogen-bond acceptors (Lipinski definition) is 1. The number of para-hydroxylation sites is 1. The summed E-state index contributed by atoms with van der Waals surface area (Å²) < 4.78 is 41.1. The standard InChI is InChI=1S/C12H9Cl2F3N2/c13-6-9-18-8-3-1-2-7(14)10(8)19(9)11(4-5-11)12(15,16)17/h1-3H,4-6H2. The highest BCUT2D eigenvalue weighted by Gasteiger charge is 2.66. The minimum absolute atomic E-state index is 0.0388. The first kappa shape index (κ1) is 13.1. The summed E-state index contributed by atoms with van der Waals surface area (Å²) in [5.74, 6) is 0.127. The number of benzene rings is 1. The van der Waals surface area contributed by atoms with Gasteiger partial charge in [0, 0.05) is 0 Å². The molecule has 0 spiro atoms. The van der Waals surface area contributed by atoms with Gasteiger partial charge in [0.15, 0.2) is 0 Å². The quantitative estimate of drug-likeness (QED) is 0.748. The lowest BCUT2D eigenvalue weighted by molar-refractivity contribution is -0.179. The number of halogens is 5. The van der Waals surface area contributed by atoms with E-state index in [2.05, 4.69) is 4.98 Å². The Labute approximate surface area is 117 Å². The van der Waals surface area contributed by atoms with Crippen molar-refractivity contribution in [3.8, 4) is 0 Å². The van der Waals surface area contributed by atoms with Gasteiger partial charge in [-0.1, -0.05) is 17.7 Å². The van der Waals surface area contributed by atoms with Crippen LogP contribution < -0.4 is 0 Å². The summed E-state index contributed by atoms with van der Waals surface area (Å²) in [5.41, 5.74) is -1.13. The molecule has 0 radical (unpaired) electrons. The van der Waals surface area contributed by atoms with Crippen molar-refractivity contribution in [2.75, 3.05) is 0 Å². The van der Waals surface area contributed by atoms with E-state index < -0.39 is 11.7 Å². The topological polar surface area (TPSA) is 17.8 Å². The predicted octanol–water partition coefficient (Wildman–Crippen LogP) is 4.48. The number of fused-ring (bicyclic) bond motifs is 1. The van der Waals surface area contributed by atoms with Crippen LogP contribution in [0.2, 0.25) is 5.02 Å². The zero-order valence-electron chi connectivity index (χ0n) is 9.64. The largest absolute Gasteiger partial charge is 0.412 e. The van der Waals surface area contributed by atoms with Crippen molar-refractivity contribution >= 4 is 34.2 Å². The maximum absolute atomic E-state index is 13.3. The van der Waals surface area contributed by atoms with Crippen LogP contribution in [0.1, 0.15) is 18.7 Å². The summed E-state index contributed by atoms with van der Waals surface area (Å²) in [6, 6.07) is 4.86. The Morgan fingerprint density at radius 3 is 2.53 bits per heavy atom. The Morgan fingerprint density at radius 1 is 1.32 bits per heavy atom. The zero-order chi connectivity index (χ0) is 13.8. The predicted molar refractivity (Wildman–Crippen MR) is 67.6 cm³/mol. The van der Waals surface area contributed by atoms with Crippen molar-refractivity contribution in [2.24, 2.45) is 0 Å². The fourth-order valence-corrected chi connectivity index (χ4v) is 2.87. The number of aromatic nitrogens is 2. The van der Waals surface area contributed by atoms with E-state index in [1.807, 2.05) is 0 Å². The molecule has 102 valence electrons. The van der Waals surface area contributed by atoms with Crippen LogP contribution in [0.3, 0.4) is 0 Å². The van der Waals surface area contributed by atoms with Crippen molar-refractivity contribution < 1.29 is 13.2 Å². The Morgan fingerprint density at radius 2 is 2.00 bits per heavy atom. The molecule has 0 bridgehead atoms. The molecule has 7 heteroatoms. The number of imidazole rings is 1. The third kappa shape index (κ3) is 1.75. The molecule has 1 fully saturated rings. The average Bonchev–Trinajstić information content (AvgIpc) is 3.05. The SMILES string of the molecule is FC(F)(F)C1(n2c(CCl)nc3cccc(Cl)c32)CC1. The molecular weight excluding hydrogens is 300 g/mol. The van der Waals surface area contributed by atoms with Gasteiger partial charge in [0.25, 0.3) is 0 Å². The first-order chi connectivity index (χ1) is 8.90. The first-order valence-corrected chi connectivity index (χ1v) is 6.61. The number of nitrogens with zero attached hydrogens (tertiary/aromatic N) is 2. The van der Waals surface area contributed by atoms with Crippen molar-refractivity contribution in [1.29, 1.82) is 0 Å². The van der Waals surface area contributed by atoms with Crippen molar-refractivity contribution in [3.63, 3.8) is 0 Å². The van der Waals surface area contributed by atoms with Gasteiger partial charge in [-0.3, -0.25) is 0 Å². The average molecular weight is 309 g/mol. The third-order valence-electron chi connectivity index (χ3n) is 3.50. The minimum Gasteiger partial charge on any atom is -0.310 e. The van der Waals surface area contributed by atoms with E-state index in [0.717, 1.165) is 0 Å². The molecule has 2 aromatic rings. The van der Waals surface area contributed by atoms with Crippen molar-refractivity contribution in [3.05, 3.63) is 29.0 Å². The van der Waals surface area contributed by atoms with E-state index >= 15 is 0 Å². The van der Waals surface area contributed by atoms with Crippen LogP contribution in [0.4, 0.5) is 13.2 Å². The lowest BCUT2D eigenvalue weighted by atomic mass is 10.2. The Bertz CT molecular complexity index is 644. The molecule has 2 nitrogen and oxygen atoms in total. The molecule has 0 amide bonds. The molecule has 1 aliphatic carbocycles. The third-order valence-corrected chi connectivity index (χ3v) is 4.04. The molecule has 0 aliphatic heterocycles. The second kappa shape index (κ2) is 4.03. The van der Waals surface area contributed by atoms with E-state index in [-0.39, 0.29) is 29.6 Å². The molecule has 19 heavy (non-hydrogen) atoms. The van der Waals surface area contributed by atoms with Gasteiger partial charge in [0.2, 0.25) is 0 Å². The first-order valence-electron chi connectivity index (χ1n) is 5.70. The van der Waals surface area contributed by atoms with Crippen LogP contribution >= 0.6 is 23.2 Å². The summed E-state index contributed by atoms with van der Waals surface area (Å²) in [6.45, 7) is 0. The lowest BCUT2D eigenvalue weighted by Crippen LogP contribution is -2.35.